The predicted octanol–water partition coefficient (Wildman–Crippen LogP) is 2.60. The molecule has 1 aliphatic rings. The number of hydrogen-bond acceptors (Lipinski definition) is 3. The van der Waals surface area contributed by atoms with Gasteiger partial charge in [0.15, 0.2) is 5.82 Å². The molecule has 1 aliphatic heterocycles. The first-order valence-corrected chi connectivity index (χ1v) is 6.18. The average Bonchev–Trinajstić information content (AvgIpc) is 2.33. The molecule has 2 heterocycles. The normalized spacial score (nSPS) is 17.8. The maximum atomic E-state index is 6.08. The number of rotatable bonds is 2. The van der Waals surface area contributed by atoms with E-state index >= 15 is 0 Å². The number of hydrogen-bond donors (Lipinski definition) is 1. The van der Waals surface area contributed by atoms with Gasteiger partial charge in [0.25, 0.3) is 0 Å². The van der Waals surface area contributed by atoms with E-state index in [-0.39, 0.29) is 0 Å². The van der Waals surface area contributed by atoms with Gasteiger partial charge in [0.1, 0.15) is 0 Å². The lowest BCUT2D eigenvalue weighted by molar-refractivity contribution is 0.394. The molecule has 0 aromatic carbocycles. The first kappa shape index (κ1) is 11.2. The zero-order valence-corrected chi connectivity index (χ0v) is 10.2. The highest BCUT2D eigenvalue weighted by Gasteiger charge is 2.20. The van der Waals surface area contributed by atoms with Crippen molar-refractivity contribution in [2.75, 3.05) is 23.7 Å². The van der Waals surface area contributed by atoms with E-state index in [1.807, 2.05) is 19.2 Å². The van der Waals surface area contributed by atoms with Crippen molar-refractivity contribution in [3.63, 3.8) is 0 Å². The van der Waals surface area contributed by atoms with Crippen molar-refractivity contribution in [2.45, 2.75) is 33.1 Å². The Bertz CT molecular complexity index is 354. The number of pyridine rings is 1. The lowest BCUT2D eigenvalue weighted by Gasteiger charge is -2.33. The monoisotopic (exact) mass is 219 g/mol. The van der Waals surface area contributed by atoms with Crippen LogP contribution in [0.2, 0.25) is 0 Å². The molecule has 1 saturated heterocycles. The Labute approximate surface area is 97.7 Å². The Morgan fingerprint density at radius 1 is 1.44 bits per heavy atom. The molecule has 2 rings (SSSR count). The van der Waals surface area contributed by atoms with Crippen LogP contribution in [-0.2, 0) is 0 Å². The highest BCUT2D eigenvalue weighted by molar-refractivity contribution is 5.66. The lowest BCUT2D eigenvalue weighted by Crippen LogP contribution is -2.34. The molecule has 0 aliphatic carbocycles. The molecule has 1 aromatic heterocycles. The summed E-state index contributed by atoms with van der Waals surface area (Å²) in [5.41, 5.74) is 8.05. The second-order valence-electron chi connectivity index (χ2n) is 4.70. The highest BCUT2D eigenvalue weighted by atomic mass is 15.2. The number of aryl methyl sites for hydroxylation is 1. The van der Waals surface area contributed by atoms with Gasteiger partial charge in [0.05, 0.1) is 5.69 Å². The minimum atomic E-state index is 0.845. The summed E-state index contributed by atoms with van der Waals surface area (Å²) >= 11 is 0. The van der Waals surface area contributed by atoms with Crippen LogP contribution in [0.3, 0.4) is 0 Å². The molecular formula is C13H21N3. The summed E-state index contributed by atoms with van der Waals surface area (Å²) in [4.78, 5) is 6.74. The summed E-state index contributed by atoms with van der Waals surface area (Å²) < 4.78 is 0. The molecule has 88 valence electrons. The van der Waals surface area contributed by atoms with Gasteiger partial charge in [-0.05, 0) is 37.3 Å². The van der Waals surface area contributed by atoms with Gasteiger partial charge >= 0.3 is 0 Å². The largest absolute Gasteiger partial charge is 0.396 e. The minimum Gasteiger partial charge on any atom is -0.396 e. The van der Waals surface area contributed by atoms with Crippen molar-refractivity contribution in [1.82, 2.24) is 4.98 Å². The molecule has 0 atom stereocenters. The fourth-order valence-electron chi connectivity index (χ4n) is 2.36. The van der Waals surface area contributed by atoms with E-state index in [0.29, 0.717) is 0 Å². The molecule has 1 aromatic rings. The Morgan fingerprint density at radius 2 is 2.12 bits per heavy atom. The smallest absolute Gasteiger partial charge is 0.152 e. The molecule has 3 heteroatoms. The van der Waals surface area contributed by atoms with Crippen LogP contribution < -0.4 is 10.6 Å². The molecule has 0 amide bonds. The first-order chi connectivity index (χ1) is 7.72. The van der Waals surface area contributed by atoms with Gasteiger partial charge in [-0.2, -0.15) is 0 Å². The third-order valence-corrected chi connectivity index (χ3v) is 3.68. The van der Waals surface area contributed by atoms with Crippen LogP contribution in [0.25, 0.3) is 0 Å². The zero-order chi connectivity index (χ0) is 11.5. The SMILES string of the molecule is CCC1CCN(c2nccc(C)c2N)CC1. The predicted molar refractivity (Wildman–Crippen MR) is 68.6 cm³/mol. The molecule has 0 saturated carbocycles. The second kappa shape index (κ2) is 4.73. The maximum absolute atomic E-state index is 6.08. The van der Waals surface area contributed by atoms with Crippen molar-refractivity contribution in [2.24, 2.45) is 5.92 Å². The molecule has 2 N–H and O–H groups in total. The number of piperidine rings is 1. The summed E-state index contributed by atoms with van der Waals surface area (Å²) in [5, 5.41) is 0. The van der Waals surface area contributed by atoms with E-state index in [1.165, 1.54) is 19.3 Å². The van der Waals surface area contributed by atoms with Crippen LogP contribution >= 0.6 is 0 Å². The van der Waals surface area contributed by atoms with E-state index in [4.69, 9.17) is 5.73 Å². The van der Waals surface area contributed by atoms with Gasteiger partial charge in [0, 0.05) is 19.3 Å². The van der Waals surface area contributed by atoms with Gasteiger partial charge in [-0.25, -0.2) is 4.98 Å². The zero-order valence-electron chi connectivity index (χ0n) is 10.2. The Morgan fingerprint density at radius 3 is 2.75 bits per heavy atom. The van der Waals surface area contributed by atoms with Crippen LogP contribution in [0, 0.1) is 12.8 Å². The van der Waals surface area contributed by atoms with Crippen molar-refractivity contribution in [3.8, 4) is 0 Å². The van der Waals surface area contributed by atoms with Crippen molar-refractivity contribution >= 4 is 11.5 Å². The van der Waals surface area contributed by atoms with Crippen LogP contribution in [0.15, 0.2) is 12.3 Å². The Hall–Kier alpha value is -1.25. The fraction of sp³-hybridized carbons (Fsp3) is 0.615. The quantitative estimate of drug-likeness (QED) is 0.831. The van der Waals surface area contributed by atoms with E-state index in [9.17, 15) is 0 Å². The van der Waals surface area contributed by atoms with E-state index in [0.717, 1.165) is 36.1 Å². The topological polar surface area (TPSA) is 42.2 Å². The molecule has 0 radical (unpaired) electrons. The van der Waals surface area contributed by atoms with Crippen molar-refractivity contribution in [1.29, 1.82) is 0 Å². The maximum Gasteiger partial charge on any atom is 0.152 e. The molecule has 0 bridgehead atoms. The van der Waals surface area contributed by atoms with Crippen LogP contribution in [0.1, 0.15) is 31.7 Å². The van der Waals surface area contributed by atoms with Crippen molar-refractivity contribution < 1.29 is 0 Å². The summed E-state index contributed by atoms with van der Waals surface area (Å²) in [6.07, 6.45) is 5.69. The summed E-state index contributed by atoms with van der Waals surface area (Å²) in [6, 6.07) is 1.97. The van der Waals surface area contributed by atoms with E-state index < -0.39 is 0 Å². The minimum absolute atomic E-state index is 0.845. The number of nitrogens with zero attached hydrogens (tertiary/aromatic N) is 2. The number of aromatic nitrogens is 1. The third-order valence-electron chi connectivity index (χ3n) is 3.68. The number of nitrogen functional groups attached to an aromatic ring is 1. The van der Waals surface area contributed by atoms with Gasteiger partial charge in [-0.15, -0.1) is 0 Å². The van der Waals surface area contributed by atoms with Crippen LogP contribution in [0.5, 0.6) is 0 Å². The third kappa shape index (κ3) is 2.13. The molecule has 3 nitrogen and oxygen atoms in total. The van der Waals surface area contributed by atoms with E-state index in [2.05, 4.69) is 16.8 Å². The van der Waals surface area contributed by atoms with Crippen molar-refractivity contribution in [3.05, 3.63) is 17.8 Å². The number of nitrogens with two attached hydrogens (primary N) is 1. The van der Waals surface area contributed by atoms with Crippen LogP contribution in [0.4, 0.5) is 11.5 Å². The summed E-state index contributed by atoms with van der Waals surface area (Å²) in [5.74, 6) is 1.87. The van der Waals surface area contributed by atoms with Gasteiger partial charge in [0.2, 0.25) is 0 Å². The van der Waals surface area contributed by atoms with Crippen LogP contribution in [-0.4, -0.2) is 18.1 Å². The average molecular weight is 219 g/mol. The lowest BCUT2D eigenvalue weighted by atomic mass is 9.94. The molecular weight excluding hydrogens is 198 g/mol. The van der Waals surface area contributed by atoms with Gasteiger partial charge < -0.3 is 10.6 Å². The summed E-state index contributed by atoms with van der Waals surface area (Å²) in [7, 11) is 0. The molecule has 0 spiro atoms. The highest BCUT2D eigenvalue weighted by Crippen LogP contribution is 2.28. The summed E-state index contributed by atoms with van der Waals surface area (Å²) in [6.45, 7) is 6.51. The Kier molecular flexibility index (Phi) is 3.32. The molecule has 0 unspecified atom stereocenters. The van der Waals surface area contributed by atoms with E-state index in [1.54, 1.807) is 0 Å². The van der Waals surface area contributed by atoms with Gasteiger partial charge in [-0.1, -0.05) is 13.3 Å². The Balaban J connectivity index is 2.11. The fourth-order valence-corrected chi connectivity index (χ4v) is 2.36. The first-order valence-electron chi connectivity index (χ1n) is 6.18. The molecule has 16 heavy (non-hydrogen) atoms. The number of anilines is 2. The standard InChI is InChI=1S/C13H21N3/c1-3-11-5-8-16(9-6-11)13-12(14)10(2)4-7-15-13/h4,7,11H,3,5-6,8-9,14H2,1-2H3. The van der Waals surface area contributed by atoms with Gasteiger partial charge in [-0.3, -0.25) is 0 Å². The molecule has 1 fully saturated rings. The second-order valence-corrected chi connectivity index (χ2v) is 4.70.